The number of aliphatic hydroxyl groups is 1. The van der Waals surface area contributed by atoms with Gasteiger partial charge in [-0.25, -0.2) is 0 Å². The first kappa shape index (κ1) is 16.5. The van der Waals surface area contributed by atoms with Crippen LogP contribution >= 0.6 is 0 Å². The molecule has 6 heteroatoms. The first-order valence-corrected chi connectivity index (χ1v) is 8.12. The number of hydrogen-bond acceptors (Lipinski definition) is 6. The average Bonchev–Trinajstić information content (AvgIpc) is 2.93. The van der Waals surface area contributed by atoms with Gasteiger partial charge < -0.3 is 24.1 Å². The second kappa shape index (κ2) is 7.49. The topological polar surface area (TPSA) is 60.4 Å². The Labute approximate surface area is 136 Å². The summed E-state index contributed by atoms with van der Waals surface area (Å²) in [4.78, 5) is 2.23. The lowest BCUT2D eigenvalue weighted by Gasteiger charge is -2.36. The quantitative estimate of drug-likeness (QED) is 0.854. The molecule has 0 radical (unpaired) electrons. The van der Waals surface area contributed by atoms with Gasteiger partial charge >= 0.3 is 0 Å². The number of β-amino-alcohol motifs (C(OH)–C–C–N with tert-alkyl or cyclic N) is 1. The van der Waals surface area contributed by atoms with Gasteiger partial charge in [0.25, 0.3) is 0 Å². The van der Waals surface area contributed by atoms with Crippen molar-refractivity contribution in [3.8, 4) is 11.5 Å². The fourth-order valence-electron chi connectivity index (χ4n) is 3.13. The molecule has 1 N–H and O–H groups in total. The molecule has 0 spiro atoms. The molecule has 0 aliphatic carbocycles. The van der Waals surface area contributed by atoms with E-state index >= 15 is 0 Å². The number of benzene rings is 1. The van der Waals surface area contributed by atoms with Crippen molar-refractivity contribution in [2.45, 2.75) is 38.8 Å². The number of ether oxygens (including phenoxy) is 4. The van der Waals surface area contributed by atoms with Crippen molar-refractivity contribution in [1.82, 2.24) is 4.90 Å². The number of rotatable bonds is 6. The maximum atomic E-state index is 10.2. The third-order valence-corrected chi connectivity index (χ3v) is 3.98. The molecule has 128 valence electrons. The van der Waals surface area contributed by atoms with Crippen molar-refractivity contribution in [2.75, 3.05) is 33.0 Å². The lowest BCUT2D eigenvalue weighted by molar-refractivity contribution is -0.0826. The summed E-state index contributed by atoms with van der Waals surface area (Å²) in [5.74, 6) is 1.52. The molecule has 2 heterocycles. The minimum atomic E-state index is -0.499. The summed E-state index contributed by atoms with van der Waals surface area (Å²) in [5.41, 5.74) is 1.01. The van der Waals surface area contributed by atoms with Gasteiger partial charge in [0.1, 0.15) is 0 Å². The van der Waals surface area contributed by atoms with Gasteiger partial charge in [0, 0.05) is 19.6 Å². The molecular weight excluding hydrogens is 298 g/mol. The first-order valence-electron chi connectivity index (χ1n) is 8.12. The second-order valence-electron chi connectivity index (χ2n) is 6.33. The Morgan fingerprint density at radius 2 is 1.96 bits per heavy atom. The second-order valence-corrected chi connectivity index (χ2v) is 6.33. The van der Waals surface area contributed by atoms with Crippen LogP contribution in [0.1, 0.15) is 19.4 Å². The zero-order chi connectivity index (χ0) is 16.2. The molecule has 0 saturated carbocycles. The highest BCUT2D eigenvalue weighted by molar-refractivity contribution is 5.44. The number of aliphatic hydroxyl groups excluding tert-OH is 1. The van der Waals surface area contributed by atoms with Gasteiger partial charge in [-0.05, 0) is 31.5 Å². The van der Waals surface area contributed by atoms with Crippen LogP contribution in [-0.2, 0) is 16.1 Å². The highest BCUT2D eigenvalue weighted by Gasteiger charge is 2.23. The predicted molar refractivity (Wildman–Crippen MR) is 84.7 cm³/mol. The van der Waals surface area contributed by atoms with Crippen molar-refractivity contribution >= 4 is 0 Å². The maximum absolute atomic E-state index is 10.2. The first-order chi connectivity index (χ1) is 11.1. The number of fused-ring (bicyclic) bond motifs is 1. The molecule has 2 aliphatic heterocycles. The highest BCUT2D eigenvalue weighted by Crippen LogP contribution is 2.32. The van der Waals surface area contributed by atoms with Crippen LogP contribution in [0.4, 0.5) is 0 Å². The lowest BCUT2D eigenvalue weighted by Crippen LogP contribution is -2.48. The number of nitrogens with zero attached hydrogens (tertiary/aromatic N) is 1. The lowest BCUT2D eigenvalue weighted by atomic mass is 10.2. The van der Waals surface area contributed by atoms with Crippen LogP contribution in [0.2, 0.25) is 0 Å². The summed E-state index contributed by atoms with van der Waals surface area (Å²) < 4.78 is 21.9. The molecule has 1 fully saturated rings. The normalized spacial score (nSPS) is 25.5. The summed E-state index contributed by atoms with van der Waals surface area (Å²) in [6, 6.07) is 5.75. The van der Waals surface area contributed by atoms with Crippen molar-refractivity contribution in [3.63, 3.8) is 0 Å². The van der Waals surface area contributed by atoms with Gasteiger partial charge in [-0.3, -0.25) is 4.90 Å². The smallest absolute Gasteiger partial charge is 0.231 e. The van der Waals surface area contributed by atoms with Crippen molar-refractivity contribution < 1.29 is 24.1 Å². The zero-order valence-corrected chi connectivity index (χ0v) is 13.7. The Morgan fingerprint density at radius 1 is 1.22 bits per heavy atom. The Hall–Kier alpha value is -1.34. The fraction of sp³-hybridized carbons (Fsp3) is 0.647. The van der Waals surface area contributed by atoms with Gasteiger partial charge in [-0.2, -0.15) is 0 Å². The number of morpholine rings is 1. The molecule has 1 aromatic carbocycles. The Bertz CT molecular complexity index is 514. The third-order valence-electron chi connectivity index (χ3n) is 3.98. The van der Waals surface area contributed by atoms with E-state index in [1.54, 1.807) is 0 Å². The molecule has 6 nitrogen and oxygen atoms in total. The van der Waals surface area contributed by atoms with Gasteiger partial charge in [-0.1, -0.05) is 6.07 Å². The Morgan fingerprint density at radius 3 is 2.74 bits per heavy atom. The summed E-state index contributed by atoms with van der Waals surface area (Å²) in [6.07, 6.45) is -0.0810. The fourth-order valence-corrected chi connectivity index (χ4v) is 3.13. The molecule has 2 aliphatic rings. The van der Waals surface area contributed by atoms with Crippen LogP contribution in [0.5, 0.6) is 11.5 Å². The molecule has 3 atom stereocenters. The van der Waals surface area contributed by atoms with Crippen LogP contribution in [-0.4, -0.2) is 61.4 Å². The molecular formula is C17H25NO5. The molecule has 0 bridgehead atoms. The molecule has 1 aromatic rings. The SMILES string of the molecule is C[C@@H]1CN(C[C@@H](O)COCc2ccc3c(c2)OCO3)C[C@@H](C)O1. The Kier molecular flexibility index (Phi) is 5.38. The standard InChI is InChI=1S/C17H25NO5/c1-12-6-18(7-13(2)23-12)8-15(19)10-20-9-14-3-4-16-17(5-14)22-11-21-16/h3-5,12-13,15,19H,6-11H2,1-2H3/t12-,13-,15-/m1/s1. The van der Waals surface area contributed by atoms with E-state index in [0.29, 0.717) is 19.8 Å². The highest BCUT2D eigenvalue weighted by atomic mass is 16.7. The summed E-state index contributed by atoms with van der Waals surface area (Å²) in [5, 5.41) is 10.2. The van der Waals surface area contributed by atoms with E-state index in [0.717, 1.165) is 30.2 Å². The van der Waals surface area contributed by atoms with Gasteiger partial charge in [0.2, 0.25) is 6.79 Å². The summed E-state index contributed by atoms with van der Waals surface area (Å²) in [6.45, 7) is 7.47. The third kappa shape index (κ3) is 4.57. The van der Waals surface area contributed by atoms with Crippen molar-refractivity contribution in [2.24, 2.45) is 0 Å². The molecule has 23 heavy (non-hydrogen) atoms. The van der Waals surface area contributed by atoms with Crippen molar-refractivity contribution in [3.05, 3.63) is 23.8 Å². The molecule has 1 saturated heterocycles. The van der Waals surface area contributed by atoms with Gasteiger partial charge in [0.05, 0.1) is 31.5 Å². The Balaban J connectivity index is 1.40. The van der Waals surface area contributed by atoms with Crippen LogP contribution in [0.25, 0.3) is 0 Å². The van der Waals surface area contributed by atoms with Crippen LogP contribution in [0, 0.1) is 0 Å². The van der Waals surface area contributed by atoms with Crippen molar-refractivity contribution in [1.29, 1.82) is 0 Å². The average molecular weight is 323 g/mol. The predicted octanol–water partition coefficient (Wildman–Crippen LogP) is 1.40. The number of hydrogen-bond donors (Lipinski definition) is 1. The van der Waals surface area contributed by atoms with E-state index in [2.05, 4.69) is 18.7 Å². The monoisotopic (exact) mass is 323 g/mol. The van der Waals surface area contributed by atoms with E-state index in [9.17, 15) is 5.11 Å². The van der Waals surface area contributed by atoms with Crippen LogP contribution in [0.15, 0.2) is 18.2 Å². The molecule has 0 unspecified atom stereocenters. The summed E-state index contributed by atoms with van der Waals surface area (Å²) >= 11 is 0. The van der Waals surface area contributed by atoms with Gasteiger partial charge in [0.15, 0.2) is 11.5 Å². The maximum Gasteiger partial charge on any atom is 0.231 e. The molecule has 0 aromatic heterocycles. The molecule has 3 rings (SSSR count). The largest absolute Gasteiger partial charge is 0.454 e. The minimum Gasteiger partial charge on any atom is -0.454 e. The van der Waals surface area contributed by atoms with E-state index < -0.39 is 6.10 Å². The van der Waals surface area contributed by atoms with Crippen LogP contribution in [0.3, 0.4) is 0 Å². The van der Waals surface area contributed by atoms with E-state index in [1.165, 1.54) is 0 Å². The zero-order valence-electron chi connectivity index (χ0n) is 13.7. The minimum absolute atomic E-state index is 0.209. The van der Waals surface area contributed by atoms with E-state index in [-0.39, 0.29) is 19.0 Å². The summed E-state index contributed by atoms with van der Waals surface area (Å²) in [7, 11) is 0. The van der Waals surface area contributed by atoms with Gasteiger partial charge in [-0.15, -0.1) is 0 Å². The molecule has 0 amide bonds. The van der Waals surface area contributed by atoms with E-state index in [4.69, 9.17) is 18.9 Å². The van der Waals surface area contributed by atoms with E-state index in [1.807, 2.05) is 18.2 Å². The van der Waals surface area contributed by atoms with Crippen LogP contribution < -0.4 is 9.47 Å².